The molecule has 0 unspecified atom stereocenters. The van der Waals surface area contributed by atoms with Crippen LogP contribution in [0.25, 0.3) is 0 Å². The van der Waals surface area contributed by atoms with E-state index >= 15 is 0 Å². The van der Waals surface area contributed by atoms with Crippen molar-refractivity contribution in [2.45, 2.75) is 51.2 Å². The molecule has 5 heteroatoms. The standard InChI is InChI=1S/C17H31N3O2/c1-15-14-19(12-13-22-15)11-10-18-8-5-16(6-9-18)20-7-3-2-4-17(20)21/h15-16H,2-14H2,1H3/t15-/m0/s1. The second-order valence-electron chi connectivity index (χ2n) is 7.10. The van der Waals surface area contributed by atoms with Gasteiger partial charge >= 0.3 is 0 Å². The molecule has 0 saturated carbocycles. The molecule has 0 N–H and O–H groups in total. The highest BCUT2D eigenvalue weighted by Gasteiger charge is 2.29. The summed E-state index contributed by atoms with van der Waals surface area (Å²) in [5.74, 6) is 0.395. The monoisotopic (exact) mass is 309 g/mol. The van der Waals surface area contributed by atoms with Crippen LogP contribution in [0.3, 0.4) is 0 Å². The average molecular weight is 309 g/mol. The van der Waals surface area contributed by atoms with Crippen LogP contribution in [-0.2, 0) is 9.53 Å². The molecule has 0 radical (unpaired) electrons. The molecule has 0 bridgehead atoms. The van der Waals surface area contributed by atoms with Crippen LogP contribution in [0.4, 0.5) is 0 Å². The highest BCUT2D eigenvalue weighted by molar-refractivity contribution is 5.77. The number of hydrogen-bond acceptors (Lipinski definition) is 4. The number of carbonyl (C=O) groups is 1. The van der Waals surface area contributed by atoms with Crippen LogP contribution in [0.15, 0.2) is 0 Å². The van der Waals surface area contributed by atoms with Gasteiger partial charge in [-0.3, -0.25) is 9.69 Å². The zero-order valence-corrected chi connectivity index (χ0v) is 14.0. The first-order valence-corrected chi connectivity index (χ1v) is 9.08. The van der Waals surface area contributed by atoms with Gasteiger partial charge in [-0.2, -0.15) is 0 Å². The van der Waals surface area contributed by atoms with E-state index in [-0.39, 0.29) is 0 Å². The number of morpholine rings is 1. The Bertz CT molecular complexity index is 369. The molecule has 3 saturated heterocycles. The second kappa shape index (κ2) is 7.75. The normalized spacial score (nSPS) is 30.0. The topological polar surface area (TPSA) is 36.0 Å². The molecule has 0 aromatic carbocycles. The second-order valence-corrected chi connectivity index (χ2v) is 7.10. The number of amides is 1. The summed E-state index contributed by atoms with van der Waals surface area (Å²) in [5, 5.41) is 0. The van der Waals surface area contributed by atoms with Gasteiger partial charge in [-0.1, -0.05) is 0 Å². The third-order valence-corrected chi connectivity index (χ3v) is 5.42. The summed E-state index contributed by atoms with van der Waals surface area (Å²) in [7, 11) is 0. The SMILES string of the molecule is C[C@H]1CN(CCN2CCC(N3CCCCC3=O)CC2)CCO1. The van der Waals surface area contributed by atoms with Gasteiger partial charge in [-0.25, -0.2) is 0 Å². The fourth-order valence-electron chi connectivity index (χ4n) is 4.04. The van der Waals surface area contributed by atoms with Crippen molar-refractivity contribution in [3.05, 3.63) is 0 Å². The summed E-state index contributed by atoms with van der Waals surface area (Å²) >= 11 is 0. The van der Waals surface area contributed by atoms with Crippen LogP contribution >= 0.6 is 0 Å². The molecular formula is C17H31N3O2. The molecule has 3 aliphatic rings. The van der Waals surface area contributed by atoms with Gasteiger partial charge in [-0.05, 0) is 32.6 Å². The van der Waals surface area contributed by atoms with E-state index in [0.29, 0.717) is 18.1 Å². The summed E-state index contributed by atoms with van der Waals surface area (Å²) in [4.78, 5) is 19.3. The van der Waals surface area contributed by atoms with Crippen molar-refractivity contribution < 1.29 is 9.53 Å². The van der Waals surface area contributed by atoms with Gasteiger partial charge in [-0.15, -0.1) is 0 Å². The Kier molecular flexibility index (Phi) is 5.71. The van der Waals surface area contributed by atoms with E-state index < -0.39 is 0 Å². The van der Waals surface area contributed by atoms with Crippen molar-refractivity contribution in [1.29, 1.82) is 0 Å². The molecule has 0 spiro atoms. The molecule has 5 nitrogen and oxygen atoms in total. The van der Waals surface area contributed by atoms with Crippen LogP contribution in [0.2, 0.25) is 0 Å². The van der Waals surface area contributed by atoms with Gasteiger partial charge in [0.05, 0.1) is 12.7 Å². The average Bonchev–Trinajstić information content (AvgIpc) is 2.54. The quantitative estimate of drug-likeness (QED) is 0.781. The number of likely N-dealkylation sites (tertiary alicyclic amines) is 2. The fourth-order valence-corrected chi connectivity index (χ4v) is 4.04. The van der Waals surface area contributed by atoms with Crippen LogP contribution < -0.4 is 0 Å². The maximum absolute atomic E-state index is 12.0. The summed E-state index contributed by atoms with van der Waals surface area (Å²) in [6.07, 6.45) is 5.75. The first-order chi connectivity index (χ1) is 10.7. The van der Waals surface area contributed by atoms with E-state index in [9.17, 15) is 4.79 Å². The lowest BCUT2D eigenvalue weighted by atomic mass is 9.99. The van der Waals surface area contributed by atoms with Crippen molar-refractivity contribution in [1.82, 2.24) is 14.7 Å². The van der Waals surface area contributed by atoms with Gasteiger partial charge in [0.1, 0.15) is 0 Å². The largest absolute Gasteiger partial charge is 0.376 e. The molecule has 1 atom stereocenters. The third kappa shape index (κ3) is 4.21. The fraction of sp³-hybridized carbons (Fsp3) is 0.941. The zero-order chi connectivity index (χ0) is 15.4. The lowest BCUT2D eigenvalue weighted by Gasteiger charge is -2.41. The van der Waals surface area contributed by atoms with Crippen LogP contribution in [0.1, 0.15) is 39.0 Å². The van der Waals surface area contributed by atoms with Crippen LogP contribution in [-0.4, -0.2) is 85.2 Å². The minimum absolute atomic E-state index is 0.379. The first-order valence-electron chi connectivity index (χ1n) is 9.08. The van der Waals surface area contributed by atoms with Crippen molar-refractivity contribution >= 4 is 5.91 Å². The van der Waals surface area contributed by atoms with E-state index in [0.717, 1.165) is 78.1 Å². The highest BCUT2D eigenvalue weighted by Crippen LogP contribution is 2.21. The number of rotatable bonds is 4. The van der Waals surface area contributed by atoms with E-state index in [1.807, 2.05) is 0 Å². The van der Waals surface area contributed by atoms with Crippen LogP contribution in [0.5, 0.6) is 0 Å². The molecule has 1 amide bonds. The number of carbonyl (C=O) groups excluding carboxylic acids is 1. The van der Waals surface area contributed by atoms with Gasteiger partial charge in [0.15, 0.2) is 0 Å². The number of nitrogens with zero attached hydrogens (tertiary/aromatic N) is 3. The Labute approximate surface area is 134 Å². The smallest absolute Gasteiger partial charge is 0.222 e. The predicted octanol–water partition coefficient (Wildman–Crippen LogP) is 1.18. The van der Waals surface area contributed by atoms with Crippen molar-refractivity contribution in [3.63, 3.8) is 0 Å². The molecule has 3 fully saturated rings. The lowest BCUT2D eigenvalue weighted by molar-refractivity contribution is -0.136. The Morgan fingerprint density at radius 1 is 1.05 bits per heavy atom. The van der Waals surface area contributed by atoms with Crippen molar-refractivity contribution in [3.8, 4) is 0 Å². The minimum atomic E-state index is 0.379. The van der Waals surface area contributed by atoms with E-state index in [4.69, 9.17) is 4.74 Å². The van der Waals surface area contributed by atoms with E-state index in [2.05, 4.69) is 21.6 Å². The summed E-state index contributed by atoms with van der Waals surface area (Å²) in [6, 6.07) is 0.507. The lowest BCUT2D eigenvalue weighted by Crippen LogP contribution is -2.50. The first kappa shape index (κ1) is 16.2. The van der Waals surface area contributed by atoms with Gasteiger partial charge in [0.2, 0.25) is 5.91 Å². The predicted molar refractivity (Wildman–Crippen MR) is 86.9 cm³/mol. The van der Waals surface area contributed by atoms with Gasteiger partial charge < -0.3 is 14.5 Å². The molecule has 3 heterocycles. The van der Waals surface area contributed by atoms with E-state index in [1.54, 1.807) is 0 Å². The summed E-state index contributed by atoms with van der Waals surface area (Å²) in [6.45, 7) is 10.8. The van der Waals surface area contributed by atoms with Gasteiger partial charge in [0.25, 0.3) is 0 Å². The maximum Gasteiger partial charge on any atom is 0.222 e. The Morgan fingerprint density at radius 3 is 2.55 bits per heavy atom. The summed E-state index contributed by atoms with van der Waals surface area (Å²) < 4.78 is 5.60. The van der Waals surface area contributed by atoms with Gasteiger partial charge in [0, 0.05) is 58.3 Å². The Balaban J connectivity index is 1.37. The molecule has 3 aliphatic heterocycles. The number of piperidine rings is 2. The van der Waals surface area contributed by atoms with E-state index in [1.165, 1.54) is 6.42 Å². The number of ether oxygens (including phenoxy) is 1. The maximum atomic E-state index is 12.0. The summed E-state index contributed by atoms with van der Waals surface area (Å²) in [5.41, 5.74) is 0. The minimum Gasteiger partial charge on any atom is -0.376 e. The molecule has 0 aromatic rings. The molecule has 0 aromatic heterocycles. The number of hydrogen-bond donors (Lipinski definition) is 0. The Hall–Kier alpha value is -0.650. The third-order valence-electron chi connectivity index (χ3n) is 5.42. The molecule has 126 valence electrons. The highest BCUT2D eigenvalue weighted by atomic mass is 16.5. The molecule has 0 aliphatic carbocycles. The van der Waals surface area contributed by atoms with Crippen LogP contribution in [0, 0.1) is 0 Å². The molecule has 22 heavy (non-hydrogen) atoms. The van der Waals surface area contributed by atoms with Crippen molar-refractivity contribution in [2.24, 2.45) is 0 Å². The molecular weight excluding hydrogens is 278 g/mol. The Morgan fingerprint density at radius 2 is 1.82 bits per heavy atom. The van der Waals surface area contributed by atoms with Crippen molar-refractivity contribution in [2.75, 3.05) is 52.4 Å². The zero-order valence-electron chi connectivity index (χ0n) is 14.0. The molecule has 3 rings (SSSR count).